The predicted octanol–water partition coefficient (Wildman–Crippen LogP) is 0.363. The van der Waals surface area contributed by atoms with E-state index in [1.165, 1.54) is 18.2 Å². The van der Waals surface area contributed by atoms with Crippen LogP contribution in [0, 0.1) is 11.3 Å². The quantitative estimate of drug-likeness (QED) is 0.625. The van der Waals surface area contributed by atoms with E-state index in [0.717, 1.165) is 0 Å². The second-order valence-electron chi connectivity index (χ2n) is 2.18. The molecule has 12 heavy (non-hydrogen) atoms. The molecule has 1 amide bonds. The maximum Gasteiger partial charge on any atom is 0.250 e. The number of rotatable bonds is 1. The number of nitrogens with zero attached hydrogens (tertiary/aromatic N) is 1. The monoisotopic (exact) mass is 162 g/mol. The molecule has 0 atom stereocenters. The fraction of sp³-hybridized carbons (Fsp3) is 0. The molecule has 0 aliphatic carbocycles. The van der Waals surface area contributed by atoms with Gasteiger partial charge in [-0.05, 0) is 12.1 Å². The molecule has 0 aliphatic heterocycles. The van der Waals surface area contributed by atoms with Gasteiger partial charge in [0.2, 0.25) is 5.91 Å². The van der Waals surface area contributed by atoms with Gasteiger partial charge >= 0.3 is 0 Å². The van der Waals surface area contributed by atoms with Gasteiger partial charge in [-0.25, -0.2) is 0 Å². The Morgan fingerprint density at radius 1 is 1.58 bits per heavy atom. The van der Waals surface area contributed by atoms with Crippen molar-refractivity contribution in [3.8, 4) is 11.8 Å². The fourth-order valence-corrected chi connectivity index (χ4v) is 0.863. The standard InChI is InChI=1S/C8H6N2O2/c9-4-6-5(8(10)12)2-1-3-7(6)11/h1-3,11H,(H2,10,12). The average Bonchev–Trinajstić information content (AvgIpc) is 2.03. The van der Waals surface area contributed by atoms with Crippen LogP contribution in [0.5, 0.6) is 5.75 Å². The summed E-state index contributed by atoms with van der Waals surface area (Å²) >= 11 is 0. The van der Waals surface area contributed by atoms with E-state index in [-0.39, 0.29) is 16.9 Å². The highest BCUT2D eigenvalue weighted by atomic mass is 16.3. The molecule has 3 N–H and O–H groups in total. The maximum atomic E-state index is 10.7. The Balaban J connectivity index is 3.40. The van der Waals surface area contributed by atoms with E-state index in [1.54, 1.807) is 6.07 Å². The molecular formula is C8H6N2O2. The van der Waals surface area contributed by atoms with Crippen molar-refractivity contribution < 1.29 is 9.90 Å². The van der Waals surface area contributed by atoms with E-state index in [2.05, 4.69) is 0 Å². The van der Waals surface area contributed by atoms with Crippen LogP contribution in [0.1, 0.15) is 15.9 Å². The lowest BCUT2D eigenvalue weighted by Gasteiger charge is -1.99. The van der Waals surface area contributed by atoms with Gasteiger partial charge in [-0.2, -0.15) is 5.26 Å². The zero-order chi connectivity index (χ0) is 9.14. The molecule has 0 radical (unpaired) electrons. The summed E-state index contributed by atoms with van der Waals surface area (Å²) in [4.78, 5) is 10.7. The largest absolute Gasteiger partial charge is 0.507 e. The third kappa shape index (κ3) is 1.20. The molecule has 0 aliphatic rings. The number of amides is 1. The average molecular weight is 162 g/mol. The highest BCUT2D eigenvalue weighted by Gasteiger charge is 2.10. The number of aromatic hydroxyl groups is 1. The normalized spacial score (nSPS) is 8.92. The molecule has 4 heteroatoms. The Kier molecular flexibility index (Phi) is 1.97. The lowest BCUT2D eigenvalue weighted by atomic mass is 10.1. The van der Waals surface area contributed by atoms with E-state index in [1.807, 2.05) is 0 Å². The summed E-state index contributed by atoms with van der Waals surface area (Å²) in [6.07, 6.45) is 0. The molecule has 60 valence electrons. The summed E-state index contributed by atoms with van der Waals surface area (Å²) in [6.45, 7) is 0. The minimum absolute atomic E-state index is 0.0394. The third-order valence-corrected chi connectivity index (χ3v) is 1.42. The molecule has 0 heterocycles. The van der Waals surface area contributed by atoms with Crippen LogP contribution in [0.15, 0.2) is 18.2 Å². The van der Waals surface area contributed by atoms with E-state index < -0.39 is 5.91 Å². The van der Waals surface area contributed by atoms with Crippen molar-refractivity contribution in [3.05, 3.63) is 29.3 Å². The van der Waals surface area contributed by atoms with Crippen molar-refractivity contribution in [2.45, 2.75) is 0 Å². The van der Waals surface area contributed by atoms with E-state index in [0.29, 0.717) is 0 Å². The predicted molar refractivity (Wildman–Crippen MR) is 41.3 cm³/mol. The lowest BCUT2D eigenvalue weighted by molar-refractivity contribution is 0.0999. The lowest BCUT2D eigenvalue weighted by Crippen LogP contribution is -2.12. The van der Waals surface area contributed by atoms with Crippen LogP contribution in [0.25, 0.3) is 0 Å². The van der Waals surface area contributed by atoms with Crippen molar-refractivity contribution >= 4 is 5.91 Å². The number of benzene rings is 1. The molecule has 0 spiro atoms. The zero-order valence-corrected chi connectivity index (χ0v) is 6.11. The van der Waals surface area contributed by atoms with E-state index in [9.17, 15) is 4.79 Å². The van der Waals surface area contributed by atoms with Crippen LogP contribution >= 0.6 is 0 Å². The summed E-state index contributed by atoms with van der Waals surface area (Å²) in [6, 6.07) is 5.86. The summed E-state index contributed by atoms with van der Waals surface area (Å²) < 4.78 is 0. The number of phenolic OH excluding ortho intramolecular Hbond substituents is 1. The number of hydrogen-bond acceptors (Lipinski definition) is 3. The molecule has 1 aromatic carbocycles. The SMILES string of the molecule is N#Cc1c(O)cccc1C(N)=O. The van der Waals surface area contributed by atoms with Gasteiger partial charge in [0.1, 0.15) is 17.4 Å². The minimum Gasteiger partial charge on any atom is -0.507 e. The highest BCUT2D eigenvalue weighted by Crippen LogP contribution is 2.18. The molecular weight excluding hydrogens is 156 g/mol. The maximum absolute atomic E-state index is 10.7. The number of nitrogens with two attached hydrogens (primary N) is 1. The van der Waals surface area contributed by atoms with Gasteiger partial charge in [-0.1, -0.05) is 6.07 Å². The van der Waals surface area contributed by atoms with Gasteiger partial charge in [-0.3, -0.25) is 4.79 Å². The van der Waals surface area contributed by atoms with Crippen LogP contribution < -0.4 is 5.73 Å². The van der Waals surface area contributed by atoms with Gasteiger partial charge in [0.15, 0.2) is 0 Å². The van der Waals surface area contributed by atoms with Crippen LogP contribution in [-0.4, -0.2) is 11.0 Å². The molecule has 0 unspecified atom stereocenters. The Hall–Kier alpha value is -2.02. The number of carbonyl (C=O) groups excluding carboxylic acids is 1. The van der Waals surface area contributed by atoms with Gasteiger partial charge in [0, 0.05) is 0 Å². The smallest absolute Gasteiger partial charge is 0.250 e. The third-order valence-electron chi connectivity index (χ3n) is 1.42. The first-order valence-corrected chi connectivity index (χ1v) is 3.18. The summed E-state index contributed by atoms with van der Waals surface area (Å²) in [7, 11) is 0. The summed E-state index contributed by atoms with van der Waals surface area (Å²) in [5, 5.41) is 17.6. The second-order valence-corrected chi connectivity index (χ2v) is 2.18. The van der Waals surface area contributed by atoms with Crippen molar-refractivity contribution in [1.82, 2.24) is 0 Å². The summed E-state index contributed by atoms with van der Waals surface area (Å²) in [5.74, 6) is -0.948. The first-order chi connectivity index (χ1) is 5.66. The molecule has 0 saturated heterocycles. The van der Waals surface area contributed by atoms with Crippen LogP contribution in [0.3, 0.4) is 0 Å². The van der Waals surface area contributed by atoms with Crippen molar-refractivity contribution in [3.63, 3.8) is 0 Å². The molecule has 0 aromatic heterocycles. The van der Waals surface area contributed by atoms with Gasteiger partial charge in [-0.15, -0.1) is 0 Å². The van der Waals surface area contributed by atoms with Gasteiger partial charge < -0.3 is 10.8 Å². The summed E-state index contributed by atoms with van der Waals surface area (Å²) in [5.41, 5.74) is 4.92. The number of hydrogen-bond donors (Lipinski definition) is 2. The Bertz CT molecular complexity index is 366. The molecule has 1 rings (SSSR count). The number of phenols is 1. The zero-order valence-electron chi connectivity index (χ0n) is 6.11. The van der Waals surface area contributed by atoms with Crippen molar-refractivity contribution in [2.24, 2.45) is 5.73 Å². The van der Waals surface area contributed by atoms with Gasteiger partial charge in [0.05, 0.1) is 5.56 Å². The highest BCUT2D eigenvalue weighted by molar-refractivity contribution is 5.96. The molecule has 4 nitrogen and oxygen atoms in total. The van der Waals surface area contributed by atoms with Crippen molar-refractivity contribution in [1.29, 1.82) is 5.26 Å². The van der Waals surface area contributed by atoms with Crippen LogP contribution in [-0.2, 0) is 0 Å². The van der Waals surface area contributed by atoms with Gasteiger partial charge in [0.25, 0.3) is 0 Å². The van der Waals surface area contributed by atoms with Crippen molar-refractivity contribution in [2.75, 3.05) is 0 Å². The second kappa shape index (κ2) is 2.93. The topological polar surface area (TPSA) is 87.1 Å². The first-order valence-electron chi connectivity index (χ1n) is 3.18. The molecule has 0 saturated carbocycles. The number of nitriles is 1. The first kappa shape index (κ1) is 8.08. The number of primary amides is 1. The number of carbonyl (C=O) groups is 1. The van der Waals surface area contributed by atoms with Crippen LogP contribution in [0.2, 0.25) is 0 Å². The molecule has 1 aromatic rings. The van der Waals surface area contributed by atoms with E-state index >= 15 is 0 Å². The minimum atomic E-state index is -0.720. The Morgan fingerprint density at radius 2 is 2.25 bits per heavy atom. The Morgan fingerprint density at radius 3 is 2.67 bits per heavy atom. The van der Waals surface area contributed by atoms with E-state index in [4.69, 9.17) is 16.1 Å². The van der Waals surface area contributed by atoms with Crippen LogP contribution in [0.4, 0.5) is 0 Å². The fourth-order valence-electron chi connectivity index (χ4n) is 0.863. The molecule has 0 fully saturated rings. The molecule has 0 bridgehead atoms. The Labute approximate surface area is 68.8 Å².